The summed E-state index contributed by atoms with van der Waals surface area (Å²) >= 11 is 6.19. The number of nitrogens with one attached hydrogen (secondary N) is 1. The standard InChI is InChI=1S/C15H24ClN3O/c1-3-17-11-14-13(16)5-6-15(18-14)19-9-7-12(8-10-19)20-4-2/h5-6,12,17H,3-4,7-11H2,1-2H3. The molecule has 0 aromatic carbocycles. The second kappa shape index (κ2) is 7.81. The van der Waals surface area contributed by atoms with Gasteiger partial charge in [0.25, 0.3) is 0 Å². The summed E-state index contributed by atoms with van der Waals surface area (Å²) in [4.78, 5) is 7.02. The molecule has 0 aliphatic carbocycles. The van der Waals surface area contributed by atoms with Crippen LogP contribution >= 0.6 is 11.6 Å². The van der Waals surface area contributed by atoms with E-state index in [0.717, 1.165) is 62.2 Å². The van der Waals surface area contributed by atoms with Gasteiger partial charge in [-0.15, -0.1) is 0 Å². The van der Waals surface area contributed by atoms with E-state index < -0.39 is 0 Å². The molecular weight excluding hydrogens is 274 g/mol. The average molecular weight is 298 g/mol. The third-order valence-electron chi connectivity index (χ3n) is 3.61. The molecule has 1 aliphatic rings. The Labute approximate surface area is 126 Å². The zero-order chi connectivity index (χ0) is 14.4. The lowest BCUT2D eigenvalue weighted by atomic mass is 10.1. The van der Waals surface area contributed by atoms with Gasteiger partial charge in [-0.1, -0.05) is 18.5 Å². The normalized spacial score (nSPS) is 16.6. The monoisotopic (exact) mass is 297 g/mol. The van der Waals surface area contributed by atoms with Gasteiger partial charge < -0.3 is 15.0 Å². The van der Waals surface area contributed by atoms with Gasteiger partial charge in [0.2, 0.25) is 0 Å². The van der Waals surface area contributed by atoms with Crippen LogP contribution in [0.4, 0.5) is 5.82 Å². The van der Waals surface area contributed by atoms with Gasteiger partial charge in [0.1, 0.15) is 5.82 Å². The van der Waals surface area contributed by atoms with Crippen molar-refractivity contribution in [1.82, 2.24) is 10.3 Å². The summed E-state index contributed by atoms with van der Waals surface area (Å²) in [6, 6.07) is 3.96. The molecule has 4 nitrogen and oxygen atoms in total. The zero-order valence-corrected chi connectivity index (χ0v) is 13.1. The molecule has 1 saturated heterocycles. The van der Waals surface area contributed by atoms with Gasteiger partial charge in [0.05, 0.1) is 16.8 Å². The van der Waals surface area contributed by atoms with Crippen molar-refractivity contribution in [3.05, 3.63) is 22.8 Å². The largest absolute Gasteiger partial charge is 0.378 e. The molecule has 0 amide bonds. The maximum Gasteiger partial charge on any atom is 0.128 e. The first kappa shape index (κ1) is 15.5. The van der Waals surface area contributed by atoms with E-state index in [-0.39, 0.29) is 0 Å². The van der Waals surface area contributed by atoms with Crippen LogP contribution in [0, 0.1) is 0 Å². The molecule has 1 N–H and O–H groups in total. The van der Waals surface area contributed by atoms with E-state index in [1.54, 1.807) is 0 Å². The highest BCUT2D eigenvalue weighted by atomic mass is 35.5. The van der Waals surface area contributed by atoms with Crippen LogP contribution in [0.5, 0.6) is 0 Å². The Morgan fingerprint density at radius 1 is 1.35 bits per heavy atom. The molecule has 1 fully saturated rings. The maximum atomic E-state index is 6.19. The molecule has 20 heavy (non-hydrogen) atoms. The molecule has 1 aromatic rings. The summed E-state index contributed by atoms with van der Waals surface area (Å²) < 4.78 is 5.68. The summed E-state index contributed by atoms with van der Waals surface area (Å²) in [7, 11) is 0. The highest BCUT2D eigenvalue weighted by Crippen LogP contribution is 2.23. The number of ether oxygens (including phenoxy) is 1. The molecule has 0 radical (unpaired) electrons. The number of nitrogens with zero attached hydrogens (tertiary/aromatic N) is 2. The first-order chi connectivity index (χ1) is 9.74. The van der Waals surface area contributed by atoms with E-state index in [1.807, 2.05) is 12.1 Å². The number of hydrogen-bond donors (Lipinski definition) is 1. The van der Waals surface area contributed by atoms with Crippen molar-refractivity contribution in [2.75, 3.05) is 31.1 Å². The first-order valence-corrected chi connectivity index (χ1v) is 7.85. The quantitative estimate of drug-likeness (QED) is 0.876. The molecule has 1 aliphatic heterocycles. The van der Waals surface area contributed by atoms with Gasteiger partial charge in [0, 0.05) is 26.2 Å². The smallest absolute Gasteiger partial charge is 0.128 e. The molecule has 1 aromatic heterocycles. The number of piperidine rings is 1. The number of anilines is 1. The zero-order valence-electron chi connectivity index (χ0n) is 12.4. The summed E-state index contributed by atoms with van der Waals surface area (Å²) in [5.74, 6) is 1.03. The van der Waals surface area contributed by atoms with Gasteiger partial charge in [-0.3, -0.25) is 0 Å². The molecule has 0 atom stereocenters. The van der Waals surface area contributed by atoms with Gasteiger partial charge in [-0.2, -0.15) is 0 Å². The molecule has 0 bridgehead atoms. The minimum absolute atomic E-state index is 0.407. The maximum absolute atomic E-state index is 6.19. The number of halogens is 1. The van der Waals surface area contributed by atoms with E-state index in [9.17, 15) is 0 Å². The summed E-state index contributed by atoms with van der Waals surface area (Å²) in [6.07, 6.45) is 2.55. The summed E-state index contributed by atoms with van der Waals surface area (Å²) in [6.45, 7) is 8.58. The number of pyridine rings is 1. The molecule has 0 spiro atoms. The van der Waals surface area contributed by atoms with Crippen LogP contribution < -0.4 is 10.2 Å². The Balaban J connectivity index is 1.99. The Morgan fingerprint density at radius 2 is 2.10 bits per heavy atom. The third kappa shape index (κ3) is 4.08. The van der Waals surface area contributed by atoms with Crippen molar-refractivity contribution in [2.24, 2.45) is 0 Å². The fourth-order valence-electron chi connectivity index (χ4n) is 2.50. The van der Waals surface area contributed by atoms with E-state index in [0.29, 0.717) is 6.10 Å². The second-order valence-corrected chi connectivity index (χ2v) is 5.43. The van der Waals surface area contributed by atoms with Crippen molar-refractivity contribution in [1.29, 1.82) is 0 Å². The van der Waals surface area contributed by atoms with Crippen LogP contribution in [0.1, 0.15) is 32.4 Å². The van der Waals surface area contributed by atoms with Crippen LogP contribution in [0.15, 0.2) is 12.1 Å². The minimum Gasteiger partial charge on any atom is -0.378 e. The van der Waals surface area contributed by atoms with Crippen molar-refractivity contribution in [2.45, 2.75) is 39.3 Å². The van der Waals surface area contributed by atoms with Crippen LogP contribution in [0.3, 0.4) is 0 Å². The fourth-order valence-corrected chi connectivity index (χ4v) is 2.68. The summed E-state index contributed by atoms with van der Waals surface area (Å²) in [5, 5.41) is 4.01. The number of aromatic nitrogens is 1. The lowest BCUT2D eigenvalue weighted by Crippen LogP contribution is -2.37. The molecule has 2 rings (SSSR count). The highest BCUT2D eigenvalue weighted by Gasteiger charge is 2.20. The van der Waals surface area contributed by atoms with Crippen LogP contribution in [-0.4, -0.2) is 37.3 Å². The minimum atomic E-state index is 0.407. The molecule has 0 saturated carbocycles. The van der Waals surface area contributed by atoms with E-state index >= 15 is 0 Å². The van der Waals surface area contributed by atoms with Crippen molar-refractivity contribution in [3.8, 4) is 0 Å². The molecule has 2 heterocycles. The third-order valence-corrected chi connectivity index (χ3v) is 3.96. The SMILES string of the molecule is CCNCc1nc(N2CCC(OCC)CC2)ccc1Cl. The van der Waals surface area contributed by atoms with Crippen molar-refractivity contribution in [3.63, 3.8) is 0 Å². The lowest BCUT2D eigenvalue weighted by Gasteiger charge is -2.32. The lowest BCUT2D eigenvalue weighted by molar-refractivity contribution is 0.0458. The van der Waals surface area contributed by atoms with E-state index in [4.69, 9.17) is 21.3 Å². The molecular formula is C15H24ClN3O. The van der Waals surface area contributed by atoms with Crippen molar-refractivity contribution < 1.29 is 4.74 Å². The predicted octanol–water partition coefficient (Wildman–Crippen LogP) is 2.85. The number of rotatable bonds is 6. The fraction of sp³-hybridized carbons (Fsp3) is 0.667. The number of hydrogen-bond acceptors (Lipinski definition) is 4. The van der Waals surface area contributed by atoms with Gasteiger partial charge in [-0.05, 0) is 38.4 Å². The topological polar surface area (TPSA) is 37.4 Å². The van der Waals surface area contributed by atoms with Crippen LogP contribution in [0.25, 0.3) is 0 Å². The Hall–Kier alpha value is -0.840. The van der Waals surface area contributed by atoms with Crippen molar-refractivity contribution >= 4 is 17.4 Å². The Kier molecular flexibility index (Phi) is 6.07. The van der Waals surface area contributed by atoms with E-state index in [2.05, 4.69) is 24.1 Å². The van der Waals surface area contributed by atoms with Gasteiger partial charge in [-0.25, -0.2) is 4.98 Å². The Bertz CT molecular complexity index is 420. The van der Waals surface area contributed by atoms with Crippen LogP contribution in [0.2, 0.25) is 5.02 Å². The second-order valence-electron chi connectivity index (χ2n) is 5.02. The highest BCUT2D eigenvalue weighted by molar-refractivity contribution is 6.31. The predicted molar refractivity (Wildman–Crippen MR) is 83.5 cm³/mol. The van der Waals surface area contributed by atoms with E-state index in [1.165, 1.54) is 0 Å². The molecule has 5 heteroatoms. The van der Waals surface area contributed by atoms with Crippen LogP contribution in [-0.2, 0) is 11.3 Å². The molecule has 112 valence electrons. The Morgan fingerprint density at radius 3 is 2.75 bits per heavy atom. The molecule has 0 unspecified atom stereocenters. The van der Waals surface area contributed by atoms with Gasteiger partial charge in [0.15, 0.2) is 0 Å². The van der Waals surface area contributed by atoms with Gasteiger partial charge >= 0.3 is 0 Å². The summed E-state index contributed by atoms with van der Waals surface area (Å²) in [5.41, 5.74) is 0.929. The first-order valence-electron chi connectivity index (χ1n) is 7.47. The average Bonchev–Trinajstić information content (AvgIpc) is 2.48.